The third-order valence-electron chi connectivity index (χ3n) is 10.1. The molecule has 0 aromatic heterocycles. The van der Waals surface area contributed by atoms with Crippen LogP contribution in [0.1, 0.15) is 98.8 Å². The van der Waals surface area contributed by atoms with Crippen LogP contribution in [-0.4, -0.2) is 17.0 Å². The summed E-state index contributed by atoms with van der Waals surface area (Å²) in [5, 5.41) is 10.2. The first-order valence-corrected chi connectivity index (χ1v) is 12.6. The molecule has 1 N–H and O–H groups in total. The fraction of sp³-hybridized carbons (Fsp3) is 0.889. The molecule has 4 aliphatic carbocycles. The van der Waals surface area contributed by atoms with Gasteiger partial charge in [0.25, 0.3) is 0 Å². The number of hydrogen-bond donors (Lipinski definition) is 1. The summed E-state index contributed by atoms with van der Waals surface area (Å²) in [5.74, 6) is 4.11. The van der Waals surface area contributed by atoms with Gasteiger partial charge >= 0.3 is 0 Å². The molecule has 0 aromatic rings. The molecule has 4 rings (SSSR count). The van der Waals surface area contributed by atoms with Gasteiger partial charge in [0.1, 0.15) is 0 Å². The molecule has 0 saturated heterocycles. The number of ketones is 1. The quantitative estimate of drug-likeness (QED) is 0.567. The summed E-state index contributed by atoms with van der Waals surface area (Å²) >= 11 is 0. The van der Waals surface area contributed by atoms with E-state index in [1.54, 1.807) is 0 Å². The van der Waals surface area contributed by atoms with Crippen molar-refractivity contribution in [3.8, 4) is 0 Å². The van der Waals surface area contributed by atoms with Gasteiger partial charge in [-0.15, -0.1) is 0 Å². The highest BCUT2D eigenvalue weighted by molar-refractivity contribution is 5.94. The highest BCUT2D eigenvalue weighted by atomic mass is 16.3. The van der Waals surface area contributed by atoms with Crippen molar-refractivity contribution >= 4 is 5.78 Å². The van der Waals surface area contributed by atoms with Crippen LogP contribution in [0.3, 0.4) is 0 Å². The van der Waals surface area contributed by atoms with Gasteiger partial charge in [0.15, 0.2) is 5.78 Å². The third kappa shape index (κ3) is 3.56. The summed E-state index contributed by atoms with van der Waals surface area (Å²) in [6.07, 6.45) is 13.6. The molecule has 0 radical (unpaired) electrons. The highest BCUT2D eigenvalue weighted by Gasteiger charge is 2.61. The number of carbonyl (C=O) groups is 1. The lowest BCUT2D eigenvalue weighted by atomic mass is 9.46. The Kier molecular flexibility index (Phi) is 5.82. The third-order valence-corrected chi connectivity index (χ3v) is 10.1. The van der Waals surface area contributed by atoms with Crippen LogP contribution in [0.25, 0.3) is 0 Å². The van der Waals surface area contributed by atoms with Crippen LogP contribution in [0.15, 0.2) is 11.6 Å². The number of allylic oxidation sites excluding steroid dienone is 1. The largest absolute Gasteiger partial charge is 0.393 e. The molecule has 164 valence electrons. The molecule has 2 heteroatoms. The van der Waals surface area contributed by atoms with Crippen LogP contribution in [0, 0.1) is 46.3 Å². The van der Waals surface area contributed by atoms with Crippen molar-refractivity contribution in [2.24, 2.45) is 46.3 Å². The molecule has 3 saturated carbocycles. The van der Waals surface area contributed by atoms with E-state index in [1.807, 2.05) is 6.08 Å². The van der Waals surface area contributed by atoms with Crippen molar-refractivity contribution in [2.45, 2.75) is 105 Å². The van der Waals surface area contributed by atoms with E-state index in [4.69, 9.17) is 0 Å². The van der Waals surface area contributed by atoms with Gasteiger partial charge in [-0.3, -0.25) is 4.79 Å². The van der Waals surface area contributed by atoms with Crippen LogP contribution in [0.5, 0.6) is 0 Å². The molecule has 0 heterocycles. The molecule has 29 heavy (non-hydrogen) atoms. The predicted octanol–water partition coefficient (Wildman–Crippen LogP) is 6.57. The average molecular weight is 401 g/mol. The van der Waals surface area contributed by atoms with Gasteiger partial charge in [-0.1, -0.05) is 59.5 Å². The lowest BCUT2D eigenvalue weighted by Crippen LogP contribution is -2.53. The molecular formula is C27H44O2. The summed E-state index contributed by atoms with van der Waals surface area (Å²) in [7, 11) is 0. The molecule has 0 aliphatic heterocycles. The Hall–Kier alpha value is -0.630. The van der Waals surface area contributed by atoms with Gasteiger partial charge in [0.05, 0.1) is 6.10 Å². The average Bonchev–Trinajstić information content (AvgIpc) is 3.00. The van der Waals surface area contributed by atoms with E-state index in [0.717, 1.165) is 37.0 Å². The molecule has 3 unspecified atom stereocenters. The lowest BCUT2D eigenvalue weighted by Gasteiger charge is -2.57. The van der Waals surface area contributed by atoms with E-state index < -0.39 is 0 Å². The zero-order valence-corrected chi connectivity index (χ0v) is 19.5. The summed E-state index contributed by atoms with van der Waals surface area (Å²) in [5.41, 5.74) is 1.77. The molecule has 3 fully saturated rings. The Bertz CT molecular complexity index is 663. The zero-order chi connectivity index (χ0) is 21.0. The van der Waals surface area contributed by atoms with Crippen LogP contribution >= 0.6 is 0 Å². The predicted molar refractivity (Wildman–Crippen MR) is 119 cm³/mol. The molecule has 2 nitrogen and oxygen atoms in total. The molecule has 0 amide bonds. The summed E-state index contributed by atoms with van der Waals surface area (Å²) < 4.78 is 0. The second kappa shape index (κ2) is 7.81. The summed E-state index contributed by atoms with van der Waals surface area (Å²) in [6.45, 7) is 12.1. The maximum Gasteiger partial charge on any atom is 0.159 e. The van der Waals surface area contributed by atoms with E-state index in [0.29, 0.717) is 23.0 Å². The Morgan fingerprint density at radius 1 is 1.03 bits per heavy atom. The highest BCUT2D eigenvalue weighted by Crippen LogP contribution is 2.66. The van der Waals surface area contributed by atoms with Crippen molar-refractivity contribution in [2.75, 3.05) is 0 Å². The fourth-order valence-corrected chi connectivity index (χ4v) is 8.41. The minimum Gasteiger partial charge on any atom is -0.393 e. The maximum absolute atomic E-state index is 13.4. The van der Waals surface area contributed by atoms with Crippen molar-refractivity contribution < 1.29 is 9.90 Å². The topological polar surface area (TPSA) is 37.3 Å². The Morgan fingerprint density at radius 2 is 1.79 bits per heavy atom. The molecule has 0 bridgehead atoms. The molecule has 4 aliphatic rings. The number of carbonyl (C=O) groups excluding carboxylic acids is 1. The van der Waals surface area contributed by atoms with Crippen molar-refractivity contribution in [1.29, 1.82) is 0 Å². The number of aliphatic hydroxyl groups excluding tert-OH is 1. The first kappa shape index (κ1) is 21.6. The fourth-order valence-electron chi connectivity index (χ4n) is 8.41. The Labute approximate surface area is 178 Å². The standard InChI is InChI=1S/C27H44O2/c1-17(2)7-6-8-18(3)21-9-10-22-25-23(12-14-27(21,22)5)26(4)13-11-20(28)15-19(26)16-24(25)29/h16-18,20-23,25,28H,6-15H2,1-5H3/t18-,20+,21-,22?,23?,25?,26+,27-/m1/s1. The van der Waals surface area contributed by atoms with Gasteiger partial charge in [0, 0.05) is 5.92 Å². The van der Waals surface area contributed by atoms with Crippen molar-refractivity contribution in [3.05, 3.63) is 11.6 Å². The molecule has 0 aromatic carbocycles. The van der Waals surface area contributed by atoms with Crippen molar-refractivity contribution in [3.63, 3.8) is 0 Å². The normalized spacial score (nSPS) is 45.4. The summed E-state index contributed by atoms with van der Waals surface area (Å²) in [4.78, 5) is 13.4. The molecular weight excluding hydrogens is 356 g/mol. The molecule has 8 atom stereocenters. The van der Waals surface area contributed by atoms with Crippen LogP contribution in [0.2, 0.25) is 0 Å². The lowest BCUT2D eigenvalue weighted by molar-refractivity contribution is -0.135. The van der Waals surface area contributed by atoms with Gasteiger partial charge < -0.3 is 5.11 Å². The Balaban J connectivity index is 1.54. The van der Waals surface area contributed by atoms with E-state index >= 15 is 0 Å². The summed E-state index contributed by atoms with van der Waals surface area (Å²) in [6, 6.07) is 0. The van der Waals surface area contributed by atoms with E-state index in [9.17, 15) is 9.90 Å². The minimum absolute atomic E-state index is 0.153. The number of rotatable bonds is 5. The van der Waals surface area contributed by atoms with Crippen LogP contribution in [0.4, 0.5) is 0 Å². The zero-order valence-electron chi connectivity index (χ0n) is 19.5. The SMILES string of the molecule is CC(C)CCC[C@@H](C)[C@H]1CCC2C3C(=O)C=C4C[C@@H](O)CC[C@]4(C)C3CC[C@@]21C. The maximum atomic E-state index is 13.4. The number of fused-ring (bicyclic) bond motifs is 5. The van der Waals surface area contributed by atoms with Crippen molar-refractivity contribution in [1.82, 2.24) is 0 Å². The minimum atomic E-state index is -0.241. The van der Waals surface area contributed by atoms with E-state index in [2.05, 4.69) is 34.6 Å². The van der Waals surface area contributed by atoms with Crippen LogP contribution < -0.4 is 0 Å². The second-order valence-corrected chi connectivity index (χ2v) is 12.2. The monoisotopic (exact) mass is 400 g/mol. The van der Waals surface area contributed by atoms with E-state index in [1.165, 1.54) is 50.5 Å². The van der Waals surface area contributed by atoms with E-state index in [-0.39, 0.29) is 17.4 Å². The first-order chi connectivity index (χ1) is 13.7. The second-order valence-electron chi connectivity index (χ2n) is 12.2. The van der Waals surface area contributed by atoms with Gasteiger partial charge in [-0.25, -0.2) is 0 Å². The van der Waals surface area contributed by atoms with Gasteiger partial charge in [-0.05, 0) is 91.4 Å². The van der Waals surface area contributed by atoms with Gasteiger partial charge in [0.2, 0.25) is 0 Å². The number of aliphatic hydroxyl groups is 1. The molecule has 0 spiro atoms. The smallest absolute Gasteiger partial charge is 0.159 e. The first-order valence-electron chi connectivity index (χ1n) is 12.6. The number of hydrogen-bond acceptors (Lipinski definition) is 2. The van der Waals surface area contributed by atoms with Gasteiger partial charge in [-0.2, -0.15) is 0 Å². The van der Waals surface area contributed by atoms with Crippen LogP contribution in [-0.2, 0) is 4.79 Å². The Morgan fingerprint density at radius 3 is 2.52 bits per heavy atom.